The minimum atomic E-state index is -0.960. The lowest BCUT2D eigenvalue weighted by atomic mass is 10.0. The number of hydrogen-bond acceptors (Lipinski definition) is 9. The Balaban J connectivity index is 1.61. The Kier molecular flexibility index (Phi) is 5.69. The van der Waals surface area contributed by atoms with Crippen molar-refractivity contribution in [3.63, 3.8) is 0 Å². The summed E-state index contributed by atoms with van der Waals surface area (Å²) >= 11 is 0. The van der Waals surface area contributed by atoms with Crippen molar-refractivity contribution >= 4 is 17.0 Å². The molecule has 29 heavy (non-hydrogen) atoms. The summed E-state index contributed by atoms with van der Waals surface area (Å²) in [5.74, 6) is 0.342. The van der Waals surface area contributed by atoms with Gasteiger partial charge in [0.2, 0.25) is 0 Å². The van der Waals surface area contributed by atoms with Gasteiger partial charge >= 0.3 is 0 Å². The first-order chi connectivity index (χ1) is 14.1. The van der Waals surface area contributed by atoms with Crippen LogP contribution in [0.2, 0.25) is 0 Å². The summed E-state index contributed by atoms with van der Waals surface area (Å²) in [7, 11) is 0. The average Bonchev–Trinajstić information content (AvgIpc) is 3.35. The fraction of sp³-hybridized carbons (Fsp3) is 0.421. The van der Waals surface area contributed by atoms with Crippen molar-refractivity contribution < 1.29 is 25.2 Å². The number of aliphatic hydroxyl groups excluding tert-OH is 4. The number of benzene rings is 1. The predicted molar refractivity (Wildman–Crippen MR) is 103 cm³/mol. The molecule has 1 aliphatic rings. The number of imidazole rings is 1. The topological polar surface area (TPSA) is 146 Å². The van der Waals surface area contributed by atoms with Crippen LogP contribution in [0, 0.1) is 0 Å². The molecule has 1 aliphatic heterocycles. The standard InChI is InChI=1S/C19H23N5O5/c25-7-12-6-14(27)19(29-12)24-10-22-15-17(20-9-21-18(15)24)23-13(8-26)16(28)11-4-2-1-3-5-11/h1-5,9-10,12-14,16,19,25-28H,6-8H2,(H,20,21,23)/t12-,13-,14?,16-,19+/m0/s1. The van der Waals surface area contributed by atoms with Crippen LogP contribution >= 0.6 is 0 Å². The predicted octanol–water partition coefficient (Wildman–Crippen LogP) is -0.0266. The van der Waals surface area contributed by atoms with Gasteiger partial charge in [0.25, 0.3) is 0 Å². The molecule has 0 amide bonds. The van der Waals surface area contributed by atoms with Gasteiger partial charge in [0.15, 0.2) is 23.2 Å². The lowest BCUT2D eigenvalue weighted by Crippen LogP contribution is -2.31. The molecule has 10 heteroatoms. The van der Waals surface area contributed by atoms with Crippen molar-refractivity contribution in [2.24, 2.45) is 0 Å². The van der Waals surface area contributed by atoms with Crippen LogP contribution < -0.4 is 5.32 Å². The Morgan fingerprint density at radius 3 is 2.66 bits per heavy atom. The van der Waals surface area contributed by atoms with Crippen LogP contribution in [0.15, 0.2) is 43.0 Å². The molecule has 0 spiro atoms. The smallest absolute Gasteiger partial charge is 0.167 e. The normalized spacial score (nSPS) is 23.9. The molecule has 2 aromatic heterocycles. The summed E-state index contributed by atoms with van der Waals surface area (Å²) < 4.78 is 7.26. The van der Waals surface area contributed by atoms with Crippen molar-refractivity contribution in [3.8, 4) is 0 Å². The second kappa shape index (κ2) is 8.39. The molecular formula is C19H23N5O5. The molecule has 4 rings (SSSR count). The van der Waals surface area contributed by atoms with E-state index in [2.05, 4.69) is 20.3 Å². The first-order valence-electron chi connectivity index (χ1n) is 9.34. The number of fused-ring (bicyclic) bond motifs is 1. The lowest BCUT2D eigenvalue weighted by Gasteiger charge is -2.23. The van der Waals surface area contributed by atoms with E-state index in [9.17, 15) is 20.4 Å². The van der Waals surface area contributed by atoms with Gasteiger partial charge in [0.1, 0.15) is 18.5 Å². The average molecular weight is 401 g/mol. The van der Waals surface area contributed by atoms with E-state index in [-0.39, 0.29) is 13.2 Å². The second-order valence-electron chi connectivity index (χ2n) is 6.97. The molecule has 1 saturated heterocycles. The number of aromatic nitrogens is 4. The van der Waals surface area contributed by atoms with E-state index < -0.39 is 30.6 Å². The van der Waals surface area contributed by atoms with Gasteiger partial charge in [0, 0.05) is 6.42 Å². The van der Waals surface area contributed by atoms with E-state index in [1.807, 2.05) is 18.2 Å². The van der Waals surface area contributed by atoms with Crippen molar-refractivity contribution in [1.29, 1.82) is 0 Å². The molecule has 0 aliphatic carbocycles. The Hall–Kier alpha value is -2.63. The highest BCUT2D eigenvalue weighted by Crippen LogP contribution is 2.32. The van der Waals surface area contributed by atoms with Crippen LogP contribution in [-0.2, 0) is 4.74 Å². The molecule has 5 atom stereocenters. The molecular weight excluding hydrogens is 378 g/mol. The van der Waals surface area contributed by atoms with Gasteiger partial charge in [-0.2, -0.15) is 0 Å². The van der Waals surface area contributed by atoms with Gasteiger partial charge in [-0.3, -0.25) is 4.57 Å². The molecule has 154 valence electrons. The van der Waals surface area contributed by atoms with E-state index in [1.54, 1.807) is 16.7 Å². The molecule has 1 unspecified atom stereocenters. The Morgan fingerprint density at radius 2 is 1.97 bits per heavy atom. The number of aliphatic hydroxyl groups is 4. The summed E-state index contributed by atoms with van der Waals surface area (Å²) in [6.07, 6.45) is 0.193. The Morgan fingerprint density at radius 1 is 1.17 bits per heavy atom. The maximum Gasteiger partial charge on any atom is 0.167 e. The zero-order chi connectivity index (χ0) is 20.4. The van der Waals surface area contributed by atoms with Gasteiger partial charge in [-0.25, -0.2) is 15.0 Å². The third-order valence-corrected chi connectivity index (χ3v) is 5.04. The first kappa shape index (κ1) is 19.7. The minimum absolute atomic E-state index is 0.183. The van der Waals surface area contributed by atoms with E-state index in [1.165, 1.54) is 12.7 Å². The quantitative estimate of drug-likeness (QED) is 0.368. The van der Waals surface area contributed by atoms with E-state index in [4.69, 9.17) is 4.74 Å². The van der Waals surface area contributed by atoms with Gasteiger partial charge in [-0.15, -0.1) is 0 Å². The van der Waals surface area contributed by atoms with Crippen molar-refractivity contribution in [2.45, 2.75) is 37.0 Å². The highest BCUT2D eigenvalue weighted by molar-refractivity contribution is 5.82. The van der Waals surface area contributed by atoms with Crippen molar-refractivity contribution in [3.05, 3.63) is 48.5 Å². The van der Waals surface area contributed by atoms with Crippen LogP contribution in [-0.4, -0.2) is 71.4 Å². The highest BCUT2D eigenvalue weighted by atomic mass is 16.5. The molecule has 10 nitrogen and oxygen atoms in total. The minimum Gasteiger partial charge on any atom is -0.394 e. The van der Waals surface area contributed by atoms with Crippen molar-refractivity contribution in [2.75, 3.05) is 18.5 Å². The number of nitrogens with zero attached hydrogens (tertiary/aromatic N) is 4. The summed E-state index contributed by atoms with van der Waals surface area (Å²) in [5.41, 5.74) is 1.50. The van der Waals surface area contributed by atoms with E-state index in [0.29, 0.717) is 29.0 Å². The van der Waals surface area contributed by atoms with E-state index in [0.717, 1.165) is 0 Å². The molecule has 3 aromatic rings. The molecule has 1 fully saturated rings. The molecule has 0 saturated carbocycles. The zero-order valence-corrected chi connectivity index (χ0v) is 15.5. The Labute approximate surface area is 166 Å². The summed E-state index contributed by atoms with van der Waals surface area (Å²) in [6.45, 7) is -0.511. The molecule has 5 N–H and O–H groups in total. The first-order valence-corrected chi connectivity index (χ1v) is 9.34. The number of ether oxygens (including phenoxy) is 1. The van der Waals surface area contributed by atoms with Crippen LogP contribution in [0.3, 0.4) is 0 Å². The second-order valence-corrected chi connectivity index (χ2v) is 6.97. The molecule has 1 aromatic carbocycles. The molecule has 0 bridgehead atoms. The van der Waals surface area contributed by atoms with Gasteiger partial charge in [-0.05, 0) is 5.56 Å². The van der Waals surface area contributed by atoms with E-state index >= 15 is 0 Å². The van der Waals surface area contributed by atoms with Crippen LogP contribution in [0.25, 0.3) is 11.2 Å². The van der Waals surface area contributed by atoms with Crippen LogP contribution in [0.5, 0.6) is 0 Å². The molecule has 0 radical (unpaired) electrons. The van der Waals surface area contributed by atoms with Crippen molar-refractivity contribution in [1.82, 2.24) is 19.5 Å². The summed E-state index contributed by atoms with van der Waals surface area (Å²) in [6, 6.07) is 8.30. The number of nitrogens with one attached hydrogen (secondary N) is 1. The van der Waals surface area contributed by atoms with Gasteiger partial charge in [0.05, 0.1) is 31.7 Å². The highest BCUT2D eigenvalue weighted by Gasteiger charge is 2.36. The third-order valence-electron chi connectivity index (χ3n) is 5.04. The lowest BCUT2D eigenvalue weighted by molar-refractivity contribution is -0.0486. The largest absolute Gasteiger partial charge is 0.394 e. The number of anilines is 1. The number of rotatable bonds is 7. The summed E-state index contributed by atoms with van der Waals surface area (Å²) in [5, 5.41) is 43.0. The maximum absolute atomic E-state index is 10.6. The summed E-state index contributed by atoms with van der Waals surface area (Å²) in [4.78, 5) is 12.8. The fourth-order valence-electron chi connectivity index (χ4n) is 3.52. The van der Waals surface area contributed by atoms with Crippen LogP contribution in [0.1, 0.15) is 24.3 Å². The Bertz CT molecular complexity index is 953. The SMILES string of the molecule is OC[C@@H]1CC(O)[C@H](n2cnc3c(N[C@@H](CO)[C@@H](O)c4ccccc4)ncnc32)O1. The fourth-order valence-corrected chi connectivity index (χ4v) is 3.52. The zero-order valence-electron chi connectivity index (χ0n) is 15.5. The third kappa shape index (κ3) is 3.80. The van der Waals surface area contributed by atoms with Gasteiger partial charge < -0.3 is 30.5 Å². The monoisotopic (exact) mass is 401 g/mol. The van der Waals surface area contributed by atoms with Crippen LogP contribution in [0.4, 0.5) is 5.82 Å². The number of hydrogen-bond donors (Lipinski definition) is 5. The van der Waals surface area contributed by atoms with Gasteiger partial charge in [-0.1, -0.05) is 30.3 Å². The maximum atomic E-state index is 10.6. The molecule has 3 heterocycles.